The second kappa shape index (κ2) is 5.44. The van der Waals surface area contributed by atoms with Gasteiger partial charge in [-0.3, -0.25) is 0 Å². The molecule has 88 valence electrons. The average molecular weight is 227 g/mol. The van der Waals surface area contributed by atoms with Crippen LogP contribution in [0.1, 0.15) is 11.1 Å². The molecule has 0 bridgehead atoms. The second-order valence-corrected chi connectivity index (χ2v) is 3.54. The van der Waals surface area contributed by atoms with Crippen molar-refractivity contribution in [1.29, 1.82) is 0 Å². The van der Waals surface area contributed by atoms with Crippen LogP contribution in [0.5, 0.6) is 0 Å². The molecule has 1 aromatic rings. The smallest absolute Gasteiger partial charge is 0.257 e. The lowest BCUT2D eigenvalue weighted by Gasteiger charge is -2.07. The number of guanidine groups is 1. The van der Waals surface area contributed by atoms with Crippen molar-refractivity contribution in [2.45, 2.75) is 20.3 Å². The number of halogens is 2. The van der Waals surface area contributed by atoms with Gasteiger partial charge in [-0.25, -0.2) is 13.8 Å². The molecule has 0 saturated heterocycles. The molecule has 0 fully saturated rings. The highest BCUT2D eigenvalue weighted by atomic mass is 19.3. The molecule has 0 atom stereocenters. The number of aliphatic imine (C=N–C) groups is 1. The van der Waals surface area contributed by atoms with E-state index in [9.17, 15) is 8.78 Å². The minimum atomic E-state index is -2.47. The largest absolute Gasteiger partial charge is 0.370 e. The first-order chi connectivity index (χ1) is 7.49. The Balaban J connectivity index is 2.66. The summed E-state index contributed by atoms with van der Waals surface area (Å²) in [5, 5.41) is 2.76. The predicted octanol–water partition coefficient (Wildman–Crippen LogP) is 2.30. The van der Waals surface area contributed by atoms with Crippen molar-refractivity contribution in [3.8, 4) is 0 Å². The third-order valence-corrected chi connectivity index (χ3v) is 2.18. The van der Waals surface area contributed by atoms with E-state index in [1.54, 1.807) is 0 Å². The molecular formula is C11H15F2N3. The van der Waals surface area contributed by atoms with Gasteiger partial charge in [0.25, 0.3) is 6.43 Å². The van der Waals surface area contributed by atoms with Crippen LogP contribution in [-0.2, 0) is 0 Å². The zero-order valence-electron chi connectivity index (χ0n) is 9.30. The predicted molar refractivity (Wildman–Crippen MR) is 62.0 cm³/mol. The first-order valence-electron chi connectivity index (χ1n) is 4.91. The fourth-order valence-electron chi connectivity index (χ4n) is 1.17. The maximum Gasteiger partial charge on any atom is 0.257 e. The summed E-state index contributed by atoms with van der Waals surface area (Å²) in [5.74, 6) is 0.00329. The van der Waals surface area contributed by atoms with E-state index in [1.165, 1.54) is 0 Å². The van der Waals surface area contributed by atoms with Crippen LogP contribution in [0.4, 0.5) is 14.5 Å². The molecule has 0 heterocycles. The van der Waals surface area contributed by atoms with Crippen molar-refractivity contribution in [3.05, 3.63) is 29.3 Å². The van der Waals surface area contributed by atoms with Gasteiger partial charge < -0.3 is 11.1 Å². The van der Waals surface area contributed by atoms with E-state index in [0.717, 1.165) is 16.8 Å². The van der Waals surface area contributed by atoms with Gasteiger partial charge in [-0.05, 0) is 37.1 Å². The highest BCUT2D eigenvalue weighted by molar-refractivity contribution is 5.92. The van der Waals surface area contributed by atoms with Crippen LogP contribution < -0.4 is 11.1 Å². The van der Waals surface area contributed by atoms with Crippen LogP contribution >= 0.6 is 0 Å². The van der Waals surface area contributed by atoms with E-state index in [2.05, 4.69) is 10.3 Å². The summed E-state index contributed by atoms with van der Waals surface area (Å²) in [7, 11) is 0. The molecule has 5 heteroatoms. The summed E-state index contributed by atoms with van der Waals surface area (Å²) in [6.45, 7) is 3.38. The Bertz CT molecular complexity index is 389. The topological polar surface area (TPSA) is 50.4 Å². The van der Waals surface area contributed by atoms with Gasteiger partial charge in [0.05, 0.1) is 0 Å². The molecule has 0 unspecified atom stereocenters. The van der Waals surface area contributed by atoms with Crippen LogP contribution in [0.25, 0.3) is 0 Å². The van der Waals surface area contributed by atoms with Gasteiger partial charge >= 0.3 is 0 Å². The molecule has 0 amide bonds. The van der Waals surface area contributed by atoms with Crippen LogP contribution in [0, 0.1) is 13.8 Å². The van der Waals surface area contributed by atoms with Crippen molar-refractivity contribution < 1.29 is 8.78 Å². The Hall–Kier alpha value is -1.65. The zero-order valence-corrected chi connectivity index (χ0v) is 9.30. The monoisotopic (exact) mass is 227 g/mol. The third kappa shape index (κ3) is 3.84. The number of anilines is 1. The van der Waals surface area contributed by atoms with Crippen LogP contribution in [0.15, 0.2) is 23.2 Å². The molecule has 16 heavy (non-hydrogen) atoms. The van der Waals surface area contributed by atoms with Gasteiger partial charge in [-0.2, -0.15) is 0 Å². The van der Waals surface area contributed by atoms with Gasteiger partial charge in [-0.1, -0.05) is 6.07 Å². The quantitative estimate of drug-likeness (QED) is 0.615. The number of rotatable bonds is 3. The van der Waals surface area contributed by atoms with Gasteiger partial charge in [0.15, 0.2) is 5.96 Å². The molecule has 0 saturated carbocycles. The number of nitrogens with one attached hydrogen (secondary N) is 1. The molecule has 0 aliphatic carbocycles. The lowest BCUT2D eigenvalue weighted by atomic mass is 10.1. The van der Waals surface area contributed by atoms with E-state index in [1.807, 2.05) is 32.0 Å². The first-order valence-corrected chi connectivity index (χ1v) is 4.91. The Kier molecular flexibility index (Phi) is 4.22. The molecule has 1 aromatic carbocycles. The fourth-order valence-corrected chi connectivity index (χ4v) is 1.17. The van der Waals surface area contributed by atoms with E-state index in [-0.39, 0.29) is 5.96 Å². The van der Waals surface area contributed by atoms with Gasteiger partial charge in [0.2, 0.25) is 0 Å². The standard InChI is InChI=1S/C11H15F2N3/c1-7-3-4-9(5-8(7)2)16-11(14)15-6-10(12)13/h3-5,10H,6H2,1-2H3,(H3,14,15,16). The van der Waals surface area contributed by atoms with Crippen LogP contribution in [0.3, 0.4) is 0 Å². The summed E-state index contributed by atoms with van der Waals surface area (Å²) in [6.07, 6.45) is -2.47. The molecular weight excluding hydrogens is 212 g/mol. The summed E-state index contributed by atoms with van der Waals surface area (Å²) < 4.78 is 23.7. The average Bonchev–Trinajstić information content (AvgIpc) is 2.21. The molecule has 0 aromatic heterocycles. The SMILES string of the molecule is Cc1ccc(NC(N)=NCC(F)F)cc1C. The maximum atomic E-state index is 11.9. The van der Waals surface area contributed by atoms with E-state index in [4.69, 9.17) is 5.73 Å². The van der Waals surface area contributed by atoms with Gasteiger partial charge in [0, 0.05) is 5.69 Å². The number of benzene rings is 1. The highest BCUT2D eigenvalue weighted by Gasteiger charge is 2.01. The summed E-state index contributed by atoms with van der Waals surface area (Å²) in [5.41, 5.74) is 8.46. The minimum Gasteiger partial charge on any atom is -0.370 e. The first kappa shape index (κ1) is 12.4. The molecule has 3 nitrogen and oxygen atoms in total. The molecule has 3 N–H and O–H groups in total. The Morgan fingerprint density at radius 3 is 2.62 bits per heavy atom. The second-order valence-electron chi connectivity index (χ2n) is 3.54. The maximum absolute atomic E-state index is 11.9. The zero-order chi connectivity index (χ0) is 12.1. The minimum absolute atomic E-state index is 0.00329. The van der Waals surface area contributed by atoms with E-state index >= 15 is 0 Å². The van der Waals surface area contributed by atoms with Gasteiger partial charge in [0.1, 0.15) is 6.54 Å². The van der Waals surface area contributed by atoms with Crippen molar-refractivity contribution in [3.63, 3.8) is 0 Å². The normalized spacial score (nSPS) is 11.9. The summed E-state index contributed by atoms with van der Waals surface area (Å²) >= 11 is 0. The lowest BCUT2D eigenvalue weighted by Crippen LogP contribution is -2.23. The Morgan fingerprint density at radius 2 is 2.06 bits per heavy atom. The summed E-state index contributed by atoms with van der Waals surface area (Å²) in [4.78, 5) is 3.50. The fraction of sp³-hybridized carbons (Fsp3) is 0.364. The molecule has 1 rings (SSSR count). The van der Waals surface area contributed by atoms with Gasteiger partial charge in [-0.15, -0.1) is 0 Å². The van der Waals surface area contributed by atoms with Crippen molar-refractivity contribution in [1.82, 2.24) is 0 Å². The lowest BCUT2D eigenvalue weighted by molar-refractivity contribution is 0.158. The van der Waals surface area contributed by atoms with Crippen molar-refractivity contribution in [2.24, 2.45) is 10.7 Å². The Labute approximate surface area is 93.4 Å². The molecule has 0 aliphatic rings. The van der Waals surface area contributed by atoms with Crippen molar-refractivity contribution >= 4 is 11.6 Å². The number of nitrogens with zero attached hydrogens (tertiary/aromatic N) is 1. The van der Waals surface area contributed by atoms with E-state index in [0.29, 0.717) is 0 Å². The number of aryl methyl sites for hydroxylation is 2. The Morgan fingerprint density at radius 1 is 1.38 bits per heavy atom. The number of hydrogen-bond acceptors (Lipinski definition) is 1. The third-order valence-electron chi connectivity index (χ3n) is 2.18. The van der Waals surface area contributed by atoms with E-state index < -0.39 is 13.0 Å². The number of nitrogens with two attached hydrogens (primary N) is 1. The molecule has 0 spiro atoms. The highest BCUT2D eigenvalue weighted by Crippen LogP contribution is 2.13. The summed E-state index contributed by atoms with van der Waals surface area (Å²) in [6, 6.07) is 5.64. The number of alkyl halides is 2. The molecule has 0 radical (unpaired) electrons. The van der Waals surface area contributed by atoms with Crippen molar-refractivity contribution in [2.75, 3.05) is 11.9 Å². The number of hydrogen-bond donors (Lipinski definition) is 2. The van der Waals surface area contributed by atoms with Crippen LogP contribution in [0.2, 0.25) is 0 Å². The van der Waals surface area contributed by atoms with Crippen LogP contribution in [-0.4, -0.2) is 18.9 Å². The molecule has 0 aliphatic heterocycles.